The summed E-state index contributed by atoms with van der Waals surface area (Å²) in [6.07, 6.45) is 1.85. The van der Waals surface area contributed by atoms with Crippen molar-refractivity contribution in [3.05, 3.63) is 35.9 Å². The van der Waals surface area contributed by atoms with Crippen molar-refractivity contribution in [3.63, 3.8) is 0 Å². The summed E-state index contributed by atoms with van der Waals surface area (Å²) in [6.45, 7) is 0.795. The minimum Gasteiger partial charge on any atom is -0.381 e. The van der Waals surface area contributed by atoms with Crippen molar-refractivity contribution in [1.29, 1.82) is 0 Å². The summed E-state index contributed by atoms with van der Waals surface area (Å²) < 4.78 is 0. The topological polar surface area (TPSA) is 40.5 Å². The number of ketones is 1. The Kier molecular flexibility index (Phi) is 3.14. The molecular weight excluding hydrogens is 190 g/mol. The summed E-state index contributed by atoms with van der Waals surface area (Å²) in [5.41, 5.74) is 0.739. The van der Waals surface area contributed by atoms with Crippen molar-refractivity contribution in [3.8, 4) is 0 Å². The Bertz CT molecular complexity index is 337. The Balaban J connectivity index is 2.14. The van der Waals surface area contributed by atoms with E-state index in [0.29, 0.717) is 0 Å². The fraction of sp³-hybridized carbons (Fsp3) is 0.417. The molecule has 1 aromatic carbocycles. The Morgan fingerprint density at radius 1 is 1.40 bits per heavy atom. The maximum Gasteiger partial charge on any atom is 0.180 e. The van der Waals surface area contributed by atoms with E-state index in [2.05, 4.69) is 0 Å². The number of likely N-dealkylation sites (tertiary alicyclic amines) is 1. The zero-order valence-electron chi connectivity index (χ0n) is 8.60. The molecule has 0 aromatic heterocycles. The number of benzene rings is 1. The van der Waals surface area contributed by atoms with Crippen LogP contribution in [0.2, 0.25) is 0 Å². The highest BCUT2D eigenvalue weighted by Gasteiger charge is 2.30. The maximum absolute atomic E-state index is 12.1. The van der Waals surface area contributed by atoms with Crippen LogP contribution in [0.4, 0.5) is 0 Å². The van der Waals surface area contributed by atoms with Gasteiger partial charge in [-0.3, -0.25) is 9.69 Å². The molecule has 1 atom stereocenters. The fourth-order valence-corrected chi connectivity index (χ4v) is 2.09. The van der Waals surface area contributed by atoms with Gasteiger partial charge in [0.05, 0.1) is 12.8 Å². The van der Waals surface area contributed by atoms with E-state index in [1.165, 1.54) is 0 Å². The van der Waals surface area contributed by atoms with Crippen molar-refractivity contribution >= 4 is 5.78 Å². The highest BCUT2D eigenvalue weighted by Crippen LogP contribution is 2.20. The predicted molar refractivity (Wildman–Crippen MR) is 57.6 cm³/mol. The van der Waals surface area contributed by atoms with Crippen LogP contribution in [0.25, 0.3) is 0 Å². The molecule has 1 heterocycles. The predicted octanol–water partition coefficient (Wildman–Crippen LogP) is 1.28. The molecule has 0 aliphatic carbocycles. The molecule has 1 aliphatic rings. The number of rotatable bonds is 3. The SMILES string of the molecule is O=C(c1ccccc1)[C@@H]1CCCN1CO. The highest BCUT2D eigenvalue weighted by atomic mass is 16.3. The van der Waals surface area contributed by atoms with Gasteiger partial charge in [0.15, 0.2) is 5.78 Å². The summed E-state index contributed by atoms with van der Waals surface area (Å²) in [5, 5.41) is 9.11. The van der Waals surface area contributed by atoms with Crippen molar-refractivity contribution in [2.75, 3.05) is 13.3 Å². The van der Waals surface area contributed by atoms with Gasteiger partial charge in [-0.2, -0.15) is 0 Å². The second-order valence-electron chi connectivity index (χ2n) is 3.84. The zero-order valence-corrected chi connectivity index (χ0v) is 8.60. The lowest BCUT2D eigenvalue weighted by molar-refractivity contribution is 0.0677. The zero-order chi connectivity index (χ0) is 10.7. The first-order valence-corrected chi connectivity index (χ1v) is 5.27. The van der Waals surface area contributed by atoms with E-state index in [1.54, 1.807) is 0 Å². The average molecular weight is 205 g/mol. The molecule has 0 radical (unpaired) electrons. The molecule has 3 heteroatoms. The first kappa shape index (κ1) is 10.3. The molecule has 1 N–H and O–H groups in total. The summed E-state index contributed by atoms with van der Waals surface area (Å²) in [6, 6.07) is 9.16. The molecule has 1 fully saturated rings. The number of Topliss-reactive ketones (excluding diaryl/α,β-unsaturated/α-hetero) is 1. The van der Waals surface area contributed by atoms with Crippen LogP contribution in [-0.2, 0) is 0 Å². The second-order valence-corrected chi connectivity index (χ2v) is 3.84. The lowest BCUT2D eigenvalue weighted by atomic mass is 10.0. The summed E-state index contributed by atoms with van der Waals surface area (Å²) in [5.74, 6) is 0.127. The van der Waals surface area contributed by atoms with Crippen LogP contribution in [0.3, 0.4) is 0 Å². The standard InChI is InChI=1S/C12H15NO2/c14-9-13-8-4-7-11(13)12(15)10-5-2-1-3-6-10/h1-3,5-6,11,14H,4,7-9H2/t11-/m0/s1. The molecule has 2 rings (SSSR count). The van der Waals surface area contributed by atoms with E-state index in [9.17, 15) is 4.79 Å². The van der Waals surface area contributed by atoms with Gasteiger partial charge in [-0.15, -0.1) is 0 Å². The van der Waals surface area contributed by atoms with Gasteiger partial charge in [-0.25, -0.2) is 0 Å². The molecule has 0 saturated carbocycles. The third-order valence-electron chi connectivity index (χ3n) is 2.91. The van der Waals surface area contributed by atoms with Gasteiger partial charge in [0, 0.05) is 12.1 Å². The molecule has 1 aliphatic heterocycles. The lowest BCUT2D eigenvalue weighted by Gasteiger charge is -2.20. The molecule has 0 unspecified atom stereocenters. The molecule has 0 spiro atoms. The van der Waals surface area contributed by atoms with Gasteiger partial charge >= 0.3 is 0 Å². The summed E-state index contributed by atoms with van der Waals surface area (Å²) in [4.78, 5) is 13.9. The first-order chi connectivity index (χ1) is 7.33. The van der Waals surface area contributed by atoms with Gasteiger partial charge in [0.2, 0.25) is 0 Å². The number of carbonyl (C=O) groups is 1. The van der Waals surface area contributed by atoms with Crippen LogP contribution < -0.4 is 0 Å². The molecule has 80 valence electrons. The monoisotopic (exact) mass is 205 g/mol. The number of hydrogen-bond donors (Lipinski definition) is 1. The van der Waals surface area contributed by atoms with Gasteiger partial charge < -0.3 is 5.11 Å². The summed E-state index contributed by atoms with van der Waals surface area (Å²) >= 11 is 0. The highest BCUT2D eigenvalue weighted by molar-refractivity contribution is 6.00. The quantitative estimate of drug-likeness (QED) is 0.756. The number of carbonyl (C=O) groups excluding carboxylic acids is 1. The van der Waals surface area contributed by atoms with Crippen molar-refractivity contribution < 1.29 is 9.90 Å². The Morgan fingerprint density at radius 2 is 2.13 bits per heavy atom. The normalized spacial score (nSPS) is 21.8. The third kappa shape index (κ3) is 2.08. The second kappa shape index (κ2) is 4.55. The number of aliphatic hydroxyl groups excluding tert-OH is 1. The largest absolute Gasteiger partial charge is 0.381 e. The molecule has 0 bridgehead atoms. The van der Waals surface area contributed by atoms with E-state index in [0.717, 1.165) is 24.9 Å². The van der Waals surface area contributed by atoms with Crippen molar-refractivity contribution in [2.45, 2.75) is 18.9 Å². The molecule has 1 aromatic rings. The van der Waals surface area contributed by atoms with Crippen LogP contribution >= 0.6 is 0 Å². The lowest BCUT2D eigenvalue weighted by Crippen LogP contribution is -2.36. The molecule has 15 heavy (non-hydrogen) atoms. The number of aliphatic hydroxyl groups is 1. The minimum absolute atomic E-state index is 0.0246. The third-order valence-corrected chi connectivity index (χ3v) is 2.91. The minimum atomic E-state index is -0.127. The van der Waals surface area contributed by atoms with E-state index < -0.39 is 0 Å². The van der Waals surface area contributed by atoms with Crippen molar-refractivity contribution in [1.82, 2.24) is 4.90 Å². The fourth-order valence-electron chi connectivity index (χ4n) is 2.09. The van der Waals surface area contributed by atoms with Crippen molar-refractivity contribution in [2.24, 2.45) is 0 Å². The van der Waals surface area contributed by atoms with Crippen LogP contribution in [0.1, 0.15) is 23.2 Å². The Labute approximate surface area is 89.3 Å². The van der Waals surface area contributed by atoms with Crippen LogP contribution in [0.5, 0.6) is 0 Å². The molecule has 3 nitrogen and oxygen atoms in total. The van der Waals surface area contributed by atoms with Gasteiger partial charge in [0.1, 0.15) is 0 Å². The Hall–Kier alpha value is -1.19. The molecule has 1 saturated heterocycles. The maximum atomic E-state index is 12.1. The Morgan fingerprint density at radius 3 is 2.80 bits per heavy atom. The first-order valence-electron chi connectivity index (χ1n) is 5.27. The number of hydrogen-bond acceptors (Lipinski definition) is 3. The van der Waals surface area contributed by atoms with Crippen LogP contribution in [0.15, 0.2) is 30.3 Å². The van der Waals surface area contributed by atoms with E-state index in [-0.39, 0.29) is 18.6 Å². The smallest absolute Gasteiger partial charge is 0.180 e. The van der Waals surface area contributed by atoms with E-state index in [1.807, 2.05) is 35.2 Å². The average Bonchev–Trinajstić information content (AvgIpc) is 2.77. The molecule has 0 amide bonds. The van der Waals surface area contributed by atoms with Crippen LogP contribution in [-0.4, -0.2) is 35.1 Å². The van der Waals surface area contributed by atoms with E-state index >= 15 is 0 Å². The summed E-state index contributed by atoms with van der Waals surface area (Å²) in [7, 11) is 0. The van der Waals surface area contributed by atoms with Crippen LogP contribution in [0, 0.1) is 0 Å². The van der Waals surface area contributed by atoms with E-state index in [4.69, 9.17) is 5.11 Å². The van der Waals surface area contributed by atoms with Gasteiger partial charge in [-0.1, -0.05) is 30.3 Å². The van der Waals surface area contributed by atoms with Gasteiger partial charge in [0.25, 0.3) is 0 Å². The molecular formula is C12H15NO2. The van der Waals surface area contributed by atoms with Gasteiger partial charge in [-0.05, 0) is 12.8 Å². The number of nitrogens with zero attached hydrogens (tertiary/aromatic N) is 1.